The van der Waals surface area contributed by atoms with Crippen LogP contribution in [0.15, 0.2) is 0 Å². The number of hydrogen-bond donors (Lipinski definition) is 0. The van der Waals surface area contributed by atoms with Gasteiger partial charge in [0, 0.05) is 19.5 Å². The highest BCUT2D eigenvalue weighted by Crippen LogP contribution is 2.39. The minimum atomic E-state index is 0.0530. The Hall–Kier alpha value is -0.940. The van der Waals surface area contributed by atoms with Gasteiger partial charge in [-0.15, -0.1) is 0 Å². The van der Waals surface area contributed by atoms with E-state index in [-0.39, 0.29) is 11.2 Å². The van der Waals surface area contributed by atoms with Crippen molar-refractivity contribution in [1.29, 1.82) is 0 Å². The zero-order valence-corrected chi connectivity index (χ0v) is 14.7. The standard InChI is InChI=1S/C16H27N3OS/c1-6-19(9-7-8-18(4)5)15-17-12-10-16(2,3)11-13(20)14(12)21-15/h6-11H2,1-5H3. The molecule has 0 N–H and O–H groups in total. The highest BCUT2D eigenvalue weighted by molar-refractivity contribution is 7.17. The van der Waals surface area contributed by atoms with Gasteiger partial charge in [0.05, 0.1) is 10.6 Å². The van der Waals surface area contributed by atoms with Gasteiger partial charge in [-0.25, -0.2) is 4.98 Å². The van der Waals surface area contributed by atoms with Crippen LogP contribution < -0.4 is 4.90 Å². The number of Topliss-reactive ketones (excluding diaryl/α,β-unsaturated/α-hetero) is 1. The van der Waals surface area contributed by atoms with Gasteiger partial charge in [0.1, 0.15) is 0 Å². The van der Waals surface area contributed by atoms with Crippen molar-refractivity contribution in [2.45, 2.75) is 40.0 Å². The normalized spacial score (nSPS) is 17.1. The van der Waals surface area contributed by atoms with E-state index in [0.29, 0.717) is 6.42 Å². The largest absolute Gasteiger partial charge is 0.348 e. The third kappa shape index (κ3) is 4.04. The molecule has 0 fully saturated rings. The molecule has 1 aliphatic rings. The van der Waals surface area contributed by atoms with Crippen molar-refractivity contribution in [2.24, 2.45) is 5.41 Å². The minimum Gasteiger partial charge on any atom is -0.348 e. The fourth-order valence-corrected chi connectivity index (χ4v) is 3.92. The number of ketones is 1. The lowest BCUT2D eigenvalue weighted by molar-refractivity contribution is 0.0916. The molecule has 4 nitrogen and oxygen atoms in total. The minimum absolute atomic E-state index is 0.0530. The quantitative estimate of drug-likeness (QED) is 0.809. The Kier molecular flexibility index (Phi) is 5.04. The number of aromatic nitrogens is 1. The average Bonchev–Trinajstić information content (AvgIpc) is 2.76. The van der Waals surface area contributed by atoms with Gasteiger partial charge in [-0.1, -0.05) is 25.2 Å². The van der Waals surface area contributed by atoms with E-state index in [1.807, 2.05) is 0 Å². The van der Waals surface area contributed by atoms with Crippen LogP contribution >= 0.6 is 11.3 Å². The van der Waals surface area contributed by atoms with Gasteiger partial charge < -0.3 is 9.80 Å². The molecule has 1 aromatic rings. The van der Waals surface area contributed by atoms with E-state index in [1.165, 1.54) is 0 Å². The molecule has 0 unspecified atom stereocenters. The highest BCUT2D eigenvalue weighted by atomic mass is 32.1. The summed E-state index contributed by atoms with van der Waals surface area (Å²) in [6, 6.07) is 0. The lowest BCUT2D eigenvalue weighted by Crippen LogP contribution is -2.27. The van der Waals surface area contributed by atoms with Crippen molar-refractivity contribution >= 4 is 22.3 Å². The Morgan fingerprint density at radius 1 is 1.24 bits per heavy atom. The molecule has 0 aliphatic heterocycles. The molecule has 0 spiro atoms. The van der Waals surface area contributed by atoms with Crippen molar-refractivity contribution in [3.8, 4) is 0 Å². The average molecular weight is 309 g/mol. The second-order valence-electron chi connectivity index (χ2n) is 6.95. The van der Waals surface area contributed by atoms with Gasteiger partial charge in [-0.2, -0.15) is 0 Å². The van der Waals surface area contributed by atoms with Crippen LogP contribution in [0.2, 0.25) is 0 Å². The van der Waals surface area contributed by atoms with Crippen LogP contribution in [0.25, 0.3) is 0 Å². The topological polar surface area (TPSA) is 36.4 Å². The van der Waals surface area contributed by atoms with E-state index in [2.05, 4.69) is 44.7 Å². The Labute approximate surface area is 132 Å². The summed E-state index contributed by atoms with van der Waals surface area (Å²) >= 11 is 1.59. The number of carbonyl (C=O) groups excluding carboxylic acids is 1. The summed E-state index contributed by atoms with van der Waals surface area (Å²) in [5.41, 5.74) is 1.07. The van der Waals surface area contributed by atoms with Crippen LogP contribution in [0.1, 0.15) is 49.0 Å². The summed E-state index contributed by atoms with van der Waals surface area (Å²) in [5, 5.41) is 1.02. The molecule has 0 bridgehead atoms. The smallest absolute Gasteiger partial charge is 0.186 e. The molecule has 0 atom stereocenters. The fraction of sp³-hybridized carbons (Fsp3) is 0.750. The SMILES string of the molecule is CCN(CCCN(C)C)c1nc2c(s1)C(=O)CC(C)(C)C2. The van der Waals surface area contributed by atoms with Crippen molar-refractivity contribution in [3.05, 3.63) is 10.6 Å². The predicted molar refractivity (Wildman–Crippen MR) is 89.6 cm³/mol. The Balaban J connectivity index is 2.12. The molecule has 21 heavy (non-hydrogen) atoms. The zero-order chi connectivity index (χ0) is 15.6. The van der Waals surface area contributed by atoms with Crippen LogP contribution in [0.4, 0.5) is 5.13 Å². The molecule has 5 heteroatoms. The first-order valence-electron chi connectivity index (χ1n) is 7.75. The molecule has 0 saturated heterocycles. The summed E-state index contributed by atoms with van der Waals surface area (Å²) in [5.74, 6) is 0.273. The van der Waals surface area contributed by atoms with E-state index < -0.39 is 0 Å². The van der Waals surface area contributed by atoms with Crippen LogP contribution in [0.5, 0.6) is 0 Å². The second-order valence-corrected chi connectivity index (χ2v) is 7.93. The number of hydrogen-bond acceptors (Lipinski definition) is 5. The van der Waals surface area contributed by atoms with Gasteiger partial charge in [-0.3, -0.25) is 4.79 Å². The first kappa shape index (κ1) is 16.4. The third-order valence-corrected chi connectivity index (χ3v) is 5.11. The predicted octanol–water partition coefficient (Wildman–Crippen LogP) is 3.08. The van der Waals surface area contributed by atoms with E-state index in [0.717, 1.165) is 48.2 Å². The number of rotatable bonds is 6. The molecule has 0 radical (unpaired) electrons. The van der Waals surface area contributed by atoms with Gasteiger partial charge in [0.2, 0.25) is 0 Å². The molecule has 1 aromatic heterocycles. The lowest BCUT2D eigenvalue weighted by atomic mass is 9.78. The third-order valence-electron chi connectivity index (χ3n) is 3.91. The van der Waals surface area contributed by atoms with Crippen LogP contribution in [0, 0.1) is 5.41 Å². The highest BCUT2D eigenvalue weighted by Gasteiger charge is 2.34. The number of anilines is 1. The molecule has 1 aliphatic carbocycles. The first-order valence-corrected chi connectivity index (χ1v) is 8.56. The van der Waals surface area contributed by atoms with Crippen LogP contribution in [-0.4, -0.2) is 49.4 Å². The monoisotopic (exact) mass is 309 g/mol. The van der Waals surface area contributed by atoms with E-state index in [9.17, 15) is 4.79 Å². The summed E-state index contributed by atoms with van der Waals surface area (Å²) in [7, 11) is 4.19. The maximum absolute atomic E-state index is 12.3. The molecular formula is C16H27N3OS. The van der Waals surface area contributed by atoms with E-state index in [4.69, 9.17) is 4.98 Å². The van der Waals surface area contributed by atoms with Gasteiger partial charge >= 0.3 is 0 Å². The van der Waals surface area contributed by atoms with E-state index >= 15 is 0 Å². The number of fused-ring (bicyclic) bond motifs is 1. The maximum atomic E-state index is 12.3. The maximum Gasteiger partial charge on any atom is 0.186 e. The molecule has 1 heterocycles. The molecule has 118 valence electrons. The van der Waals surface area contributed by atoms with Crippen LogP contribution in [0.3, 0.4) is 0 Å². The Morgan fingerprint density at radius 3 is 2.57 bits per heavy atom. The van der Waals surface area contributed by atoms with Crippen LogP contribution in [-0.2, 0) is 6.42 Å². The second kappa shape index (κ2) is 6.44. The first-order chi connectivity index (χ1) is 9.82. The van der Waals surface area contributed by atoms with Crippen molar-refractivity contribution in [3.63, 3.8) is 0 Å². The number of carbonyl (C=O) groups is 1. The summed E-state index contributed by atoms with van der Waals surface area (Å²) < 4.78 is 0. The van der Waals surface area contributed by atoms with Gasteiger partial charge in [0.15, 0.2) is 10.9 Å². The van der Waals surface area contributed by atoms with Crippen molar-refractivity contribution in [1.82, 2.24) is 9.88 Å². The summed E-state index contributed by atoms with van der Waals surface area (Å²) in [6.45, 7) is 9.48. The van der Waals surface area contributed by atoms with Gasteiger partial charge in [-0.05, 0) is 45.8 Å². The summed E-state index contributed by atoms with van der Waals surface area (Å²) in [4.78, 5) is 22.4. The fourth-order valence-electron chi connectivity index (χ4n) is 2.81. The zero-order valence-electron chi connectivity index (χ0n) is 13.9. The number of nitrogens with zero attached hydrogens (tertiary/aromatic N) is 3. The number of thiazole rings is 1. The molecule has 0 amide bonds. The summed E-state index contributed by atoms with van der Waals surface area (Å²) in [6.07, 6.45) is 2.68. The Morgan fingerprint density at radius 2 is 1.95 bits per heavy atom. The van der Waals surface area contributed by atoms with Crippen molar-refractivity contribution in [2.75, 3.05) is 38.6 Å². The lowest BCUT2D eigenvalue weighted by Gasteiger charge is -2.26. The molecule has 0 saturated carbocycles. The van der Waals surface area contributed by atoms with E-state index in [1.54, 1.807) is 11.3 Å². The van der Waals surface area contributed by atoms with Crippen molar-refractivity contribution < 1.29 is 4.79 Å². The Bertz CT molecular complexity index is 508. The molecule has 0 aromatic carbocycles. The van der Waals surface area contributed by atoms with Gasteiger partial charge in [0.25, 0.3) is 0 Å². The molecular weight excluding hydrogens is 282 g/mol. The molecule has 2 rings (SSSR count).